The van der Waals surface area contributed by atoms with Crippen LogP contribution in [0.1, 0.15) is 18.1 Å². The Balaban J connectivity index is 1.51. The number of carbonyl (C=O) groups excluding carboxylic acids is 1. The van der Waals surface area contributed by atoms with Crippen LogP contribution < -0.4 is 0 Å². The minimum atomic E-state index is 0.0652. The van der Waals surface area contributed by atoms with E-state index < -0.39 is 0 Å². The van der Waals surface area contributed by atoms with Crippen molar-refractivity contribution in [1.82, 2.24) is 24.4 Å². The number of para-hydroxylation sites is 2. The summed E-state index contributed by atoms with van der Waals surface area (Å²) in [5, 5.41) is 0.872. The van der Waals surface area contributed by atoms with Crippen LogP contribution in [0.2, 0.25) is 0 Å². The van der Waals surface area contributed by atoms with Gasteiger partial charge < -0.3 is 9.47 Å². The number of fused-ring (bicyclic) bond motifs is 1. The Morgan fingerprint density at radius 2 is 1.77 bits per heavy atom. The number of rotatable bonds is 8. The molecule has 0 radical (unpaired) electrons. The third-order valence-electron chi connectivity index (χ3n) is 4.83. The minimum absolute atomic E-state index is 0.0652. The lowest BCUT2D eigenvalue weighted by Crippen LogP contribution is -2.31. The average Bonchev–Trinajstić information content (AvgIpc) is 3.16. The summed E-state index contributed by atoms with van der Waals surface area (Å²) in [5.41, 5.74) is 4.11. The van der Waals surface area contributed by atoms with E-state index in [9.17, 15) is 4.79 Å². The molecule has 4 aromatic rings. The molecule has 7 heteroatoms. The zero-order valence-electron chi connectivity index (χ0n) is 16.8. The molecule has 0 aliphatic heterocycles. The number of benzene rings is 1. The number of nitrogens with zero attached hydrogens (tertiary/aromatic N) is 5. The molecular weight excluding hydrogens is 394 g/mol. The van der Waals surface area contributed by atoms with Gasteiger partial charge in [-0.05, 0) is 48.4 Å². The number of carbonyl (C=O) groups is 1. The lowest BCUT2D eigenvalue weighted by Gasteiger charge is -2.23. The van der Waals surface area contributed by atoms with Gasteiger partial charge in [0.05, 0.1) is 16.8 Å². The van der Waals surface area contributed by atoms with Crippen LogP contribution in [0, 0.1) is 0 Å². The van der Waals surface area contributed by atoms with Crippen LogP contribution in [0.15, 0.2) is 78.5 Å². The maximum absolute atomic E-state index is 13.2. The van der Waals surface area contributed by atoms with Gasteiger partial charge in [-0.15, -0.1) is 0 Å². The highest BCUT2D eigenvalue weighted by atomic mass is 32.2. The summed E-state index contributed by atoms with van der Waals surface area (Å²) in [4.78, 5) is 28.0. The van der Waals surface area contributed by atoms with Gasteiger partial charge in [-0.3, -0.25) is 14.8 Å². The second-order valence-electron chi connectivity index (χ2n) is 6.88. The van der Waals surface area contributed by atoms with Crippen molar-refractivity contribution in [3.05, 3.63) is 84.4 Å². The first-order chi connectivity index (χ1) is 14.7. The van der Waals surface area contributed by atoms with Gasteiger partial charge >= 0.3 is 0 Å². The van der Waals surface area contributed by atoms with Crippen LogP contribution in [0.25, 0.3) is 11.0 Å². The Morgan fingerprint density at radius 1 is 0.967 bits per heavy atom. The summed E-state index contributed by atoms with van der Waals surface area (Å²) in [5.74, 6) is 0.393. The molecular formula is C23H23N5OS. The van der Waals surface area contributed by atoms with Crippen LogP contribution in [0.3, 0.4) is 0 Å². The maximum atomic E-state index is 13.2. The molecule has 30 heavy (non-hydrogen) atoms. The fourth-order valence-electron chi connectivity index (χ4n) is 3.34. The molecule has 1 aromatic carbocycles. The molecule has 3 heterocycles. The molecule has 0 bridgehead atoms. The van der Waals surface area contributed by atoms with E-state index in [0.29, 0.717) is 18.8 Å². The predicted molar refractivity (Wildman–Crippen MR) is 119 cm³/mol. The Morgan fingerprint density at radius 3 is 2.53 bits per heavy atom. The predicted octanol–water partition coefficient (Wildman–Crippen LogP) is 4.17. The molecule has 0 aliphatic rings. The lowest BCUT2D eigenvalue weighted by atomic mass is 10.2. The second-order valence-corrected chi connectivity index (χ2v) is 7.83. The van der Waals surface area contributed by atoms with Gasteiger partial charge in [0.15, 0.2) is 5.16 Å². The van der Waals surface area contributed by atoms with Gasteiger partial charge in [0, 0.05) is 44.4 Å². The van der Waals surface area contributed by atoms with Crippen molar-refractivity contribution in [3.63, 3.8) is 0 Å². The van der Waals surface area contributed by atoms with Crippen molar-refractivity contribution >= 4 is 28.7 Å². The molecule has 1 amide bonds. The van der Waals surface area contributed by atoms with Gasteiger partial charge in [0.2, 0.25) is 5.91 Å². The fourth-order valence-corrected chi connectivity index (χ4v) is 4.32. The van der Waals surface area contributed by atoms with Crippen molar-refractivity contribution in [2.75, 3.05) is 5.75 Å². The Kier molecular flexibility index (Phi) is 6.39. The summed E-state index contributed by atoms with van der Waals surface area (Å²) in [7, 11) is 0. The number of imidazole rings is 1. The average molecular weight is 418 g/mol. The first kappa shape index (κ1) is 20.1. The highest BCUT2D eigenvalue weighted by Gasteiger charge is 2.18. The summed E-state index contributed by atoms with van der Waals surface area (Å²) in [6.45, 7) is 3.95. The molecule has 6 nitrogen and oxygen atoms in total. The van der Waals surface area contributed by atoms with Crippen molar-refractivity contribution in [3.8, 4) is 0 Å². The van der Waals surface area contributed by atoms with Gasteiger partial charge in [0.25, 0.3) is 0 Å². The largest absolute Gasteiger partial charge is 0.333 e. The monoisotopic (exact) mass is 417 g/mol. The minimum Gasteiger partial charge on any atom is -0.333 e. The molecule has 0 atom stereocenters. The van der Waals surface area contributed by atoms with Crippen molar-refractivity contribution in [2.45, 2.75) is 31.7 Å². The van der Waals surface area contributed by atoms with E-state index in [4.69, 9.17) is 4.98 Å². The van der Waals surface area contributed by atoms with Gasteiger partial charge in [-0.1, -0.05) is 30.0 Å². The molecule has 4 rings (SSSR count). The third kappa shape index (κ3) is 4.68. The zero-order valence-corrected chi connectivity index (χ0v) is 17.6. The number of thioether (sulfide) groups is 1. The number of aromatic nitrogens is 4. The van der Waals surface area contributed by atoms with E-state index in [-0.39, 0.29) is 5.91 Å². The van der Waals surface area contributed by atoms with Crippen LogP contribution in [0.5, 0.6) is 0 Å². The molecule has 0 N–H and O–H groups in total. The quantitative estimate of drug-likeness (QED) is 0.403. The van der Waals surface area contributed by atoms with Crippen molar-refractivity contribution < 1.29 is 4.79 Å². The molecule has 0 saturated heterocycles. The molecule has 0 saturated carbocycles. The number of pyridine rings is 2. The Bertz CT molecular complexity index is 1070. The van der Waals surface area contributed by atoms with E-state index in [0.717, 1.165) is 33.9 Å². The van der Waals surface area contributed by atoms with E-state index in [1.807, 2.05) is 47.4 Å². The molecule has 0 fully saturated rings. The van der Waals surface area contributed by atoms with Crippen molar-refractivity contribution in [2.24, 2.45) is 0 Å². The van der Waals surface area contributed by atoms with Crippen LogP contribution in [0.4, 0.5) is 0 Å². The molecule has 152 valence electrons. The number of hydrogen-bond donors (Lipinski definition) is 0. The van der Waals surface area contributed by atoms with Gasteiger partial charge in [-0.2, -0.15) is 0 Å². The van der Waals surface area contributed by atoms with E-state index >= 15 is 0 Å². The topological polar surface area (TPSA) is 63.9 Å². The number of hydrogen-bond acceptors (Lipinski definition) is 5. The van der Waals surface area contributed by atoms with Crippen LogP contribution in [-0.2, 0) is 24.4 Å². The van der Waals surface area contributed by atoms with E-state index in [1.165, 1.54) is 11.8 Å². The molecule has 0 aliphatic carbocycles. The standard InChI is InChI=1S/C23H23N5OS/c1-2-28-21-8-4-3-7-20(21)26-23(28)30-17-22(29)27(15-18-9-12-24-13-10-18)16-19-6-5-11-25-14-19/h3-14H,2,15-17H2,1H3. The fraction of sp³-hybridized carbons (Fsp3) is 0.217. The van der Waals surface area contributed by atoms with E-state index in [1.54, 1.807) is 24.8 Å². The summed E-state index contributed by atoms with van der Waals surface area (Å²) in [6, 6.07) is 15.8. The van der Waals surface area contributed by atoms with Crippen LogP contribution in [-0.4, -0.2) is 36.1 Å². The number of aryl methyl sites for hydroxylation is 1. The summed E-state index contributed by atoms with van der Waals surface area (Å²) < 4.78 is 2.15. The summed E-state index contributed by atoms with van der Waals surface area (Å²) in [6.07, 6.45) is 7.04. The normalized spacial score (nSPS) is 11.0. The highest BCUT2D eigenvalue weighted by molar-refractivity contribution is 7.99. The highest BCUT2D eigenvalue weighted by Crippen LogP contribution is 2.24. The first-order valence-electron chi connectivity index (χ1n) is 9.88. The van der Waals surface area contributed by atoms with E-state index in [2.05, 4.69) is 27.5 Å². The third-order valence-corrected chi connectivity index (χ3v) is 5.79. The zero-order chi connectivity index (χ0) is 20.8. The molecule has 0 spiro atoms. The van der Waals surface area contributed by atoms with Gasteiger partial charge in [-0.25, -0.2) is 4.98 Å². The van der Waals surface area contributed by atoms with Crippen molar-refractivity contribution in [1.29, 1.82) is 0 Å². The van der Waals surface area contributed by atoms with Crippen LogP contribution >= 0.6 is 11.8 Å². The second kappa shape index (κ2) is 9.54. The smallest absolute Gasteiger partial charge is 0.233 e. The van der Waals surface area contributed by atoms with Gasteiger partial charge in [0.1, 0.15) is 0 Å². The Hall–Kier alpha value is -3.19. The number of amides is 1. The molecule has 3 aromatic heterocycles. The maximum Gasteiger partial charge on any atom is 0.233 e. The summed E-state index contributed by atoms with van der Waals surface area (Å²) >= 11 is 1.49. The Labute approximate surface area is 180 Å². The molecule has 0 unspecified atom stereocenters. The lowest BCUT2D eigenvalue weighted by molar-refractivity contribution is -0.129. The SMILES string of the molecule is CCn1c(SCC(=O)N(Cc2ccncc2)Cc2cccnc2)nc2ccccc21. The first-order valence-corrected chi connectivity index (χ1v) is 10.9.